The van der Waals surface area contributed by atoms with Crippen molar-refractivity contribution in [2.75, 3.05) is 72.6 Å². The lowest BCUT2D eigenvalue weighted by atomic mass is 9.47. The number of aliphatic hydroxyl groups is 1. The van der Waals surface area contributed by atoms with Crippen LogP contribution in [0.15, 0.2) is 84.5 Å². The molecule has 1 aromatic heterocycles. The maximum Gasteiger partial charge on any atom is 0.322 e. The SMILES string of the molecule is CCC1=C[C@@H]2CN(CCc3c([nH]c4ccccc34)[C@@](C(=O)OC)(c3cc4c(cc3OC)N(C)[C@H]3[C@@](O)(COCc5ccc(OC)cc5)[C@H](OC(C)=O)[C@]5(CC)C=CCN6CC[C@]43[C@@H]65)C2)C1. The van der Waals surface area contributed by atoms with Crippen molar-refractivity contribution in [3.05, 3.63) is 112 Å². The fourth-order valence-electron chi connectivity index (χ4n) is 14.0. The number of ether oxygens (including phenoxy) is 5. The molecule has 65 heavy (non-hydrogen) atoms. The molecule has 12 heteroatoms. The molecule has 2 N–H and O–H groups in total. The Morgan fingerprint density at radius 2 is 1.77 bits per heavy atom. The smallest absolute Gasteiger partial charge is 0.322 e. The van der Waals surface area contributed by atoms with Crippen molar-refractivity contribution >= 4 is 28.5 Å². The van der Waals surface area contributed by atoms with E-state index in [2.05, 4.69) is 82.1 Å². The number of carbonyl (C=O) groups is 2. The number of rotatable bonds is 11. The molecule has 1 saturated carbocycles. The van der Waals surface area contributed by atoms with E-state index in [9.17, 15) is 9.90 Å². The minimum absolute atomic E-state index is 0.0482. The summed E-state index contributed by atoms with van der Waals surface area (Å²) < 4.78 is 31.0. The molecule has 2 fully saturated rings. The number of methoxy groups -OCH3 is 3. The molecule has 9 atom stereocenters. The Kier molecular flexibility index (Phi) is 11.0. The van der Waals surface area contributed by atoms with Crippen LogP contribution in [0.3, 0.4) is 0 Å². The maximum atomic E-state index is 15.5. The molecule has 344 valence electrons. The number of para-hydroxylation sites is 1. The van der Waals surface area contributed by atoms with E-state index in [1.54, 1.807) is 14.2 Å². The lowest BCUT2D eigenvalue weighted by Crippen LogP contribution is -2.80. The second-order valence-corrected chi connectivity index (χ2v) is 19.5. The number of nitrogens with zero attached hydrogens (tertiary/aromatic N) is 3. The summed E-state index contributed by atoms with van der Waals surface area (Å²) in [6.45, 7) is 10.0. The average Bonchev–Trinajstić information content (AvgIpc) is 3.98. The number of fused-ring (bicyclic) bond motifs is 6. The molecule has 1 unspecified atom stereocenters. The number of nitrogens with one attached hydrogen (secondary N) is 1. The zero-order valence-corrected chi connectivity index (χ0v) is 38.9. The highest BCUT2D eigenvalue weighted by atomic mass is 16.6. The zero-order valence-electron chi connectivity index (χ0n) is 38.9. The number of H-pyrrole nitrogens is 1. The molecule has 1 aliphatic carbocycles. The molecule has 1 spiro atoms. The van der Waals surface area contributed by atoms with Crippen LogP contribution in [0.4, 0.5) is 5.69 Å². The van der Waals surface area contributed by atoms with E-state index < -0.39 is 40.0 Å². The second kappa shape index (κ2) is 16.3. The van der Waals surface area contributed by atoms with E-state index in [1.807, 2.05) is 37.4 Å². The second-order valence-electron chi connectivity index (χ2n) is 19.5. The molecule has 0 amide bonds. The molecule has 6 aliphatic rings. The van der Waals surface area contributed by atoms with Gasteiger partial charge in [-0.3, -0.25) is 19.4 Å². The van der Waals surface area contributed by atoms with Gasteiger partial charge in [-0.15, -0.1) is 0 Å². The minimum atomic E-state index is -1.70. The zero-order chi connectivity index (χ0) is 45.5. The van der Waals surface area contributed by atoms with Gasteiger partial charge in [-0.05, 0) is 85.5 Å². The number of esters is 2. The fourth-order valence-corrected chi connectivity index (χ4v) is 14.0. The van der Waals surface area contributed by atoms with Crippen LogP contribution in [0.2, 0.25) is 0 Å². The number of hydrogen-bond donors (Lipinski definition) is 2. The first-order valence-electron chi connectivity index (χ1n) is 23.5. The largest absolute Gasteiger partial charge is 0.497 e. The van der Waals surface area contributed by atoms with Gasteiger partial charge in [0.05, 0.1) is 40.6 Å². The molecule has 4 aromatic rings. The van der Waals surface area contributed by atoms with Crippen molar-refractivity contribution < 1.29 is 38.4 Å². The first-order valence-corrected chi connectivity index (χ1v) is 23.5. The van der Waals surface area contributed by atoms with Gasteiger partial charge in [-0.2, -0.15) is 0 Å². The molecule has 1 saturated heterocycles. The van der Waals surface area contributed by atoms with Gasteiger partial charge < -0.3 is 38.7 Å². The maximum absolute atomic E-state index is 15.5. The summed E-state index contributed by atoms with van der Waals surface area (Å²) in [7, 11) is 6.86. The predicted molar refractivity (Wildman–Crippen MR) is 250 cm³/mol. The first kappa shape index (κ1) is 43.7. The van der Waals surface area contributed by atoms with Crippen LogP contribution in [0.25, 0.3) is 10.9 Å². The number of aromatic amines is 1. The minimum Gasteiger partial charge on any atom is -0.497 e. The van der Waals surface area contributed by atoms with Crippen LogP contribution < -0.4 is 14.4 Å². The van der Waals surface area contributed by atoms with Crippen LogP contribution in [0.1, 0.15) is 74.4 Å². The monoisotopic (exact) mass is 884 g/mol. The van der Waals surface area contributed by atoms with E-state index in [4.69, 9.17) is 23.7 Å². The number of benzene rings is 3. The van der Waals surface area contributed by atoms with Gasteiger partial charge in [-0.1, -0.05) is 68.0 Å². The van der Waals surface area contributed by atoms with Gasteiger partial charge in [-0.25, -0.2) is 0 Å². The number of hydrogen-bond acceptors (Lipinski definition) is 11. The third kappa shape index (κ3) is 6.37. The van der Waals surface area contributed by atoms with Crippen molar-refractivity contribution in [3.8, 4) is 11.5 Å². The van der Waals surface area contributed by atoms with Crippen LogP contribution >= 0.6 is 0 Å². The van der Waals surface area contributed by atoms with Crippen LogP contribution in [0, 0.1) is 11.3 Å². The normalized spacial score (nSPS) is 32.3. The van der Waals surface area contributed by atoms with Gasteiger partial charge in [0.1, 0.15) is 28.6 Å². The van der Waals surface area contributed by atoms with Gasteiger partial charge in [0, 0.05) is 90.9 Å². The van der Waals surface area contributed by atoms with E-state index in [1.165, 1.54) is 19.6 Å². The fraction of sp³-hybridized carbons (Fsp3) is 0.509. The highest BCUT2D eigenvalue weighted by Gasteiger charge is 2.78. The van der Waals surface area contributed by atoms with E-state index in [0.717, 1.165) is 102 Å². The van der Waals surface area contributed by atoms with Gasteiger partial charge in [0.2, 0.25) is 0 Å². The van der Waals surface area contributed by atoms with Crippen molar-refractivity contribution in [2.24, 2.45) is 11.3 Å². The third-order valence-electron chi connectivity index (χ3n) is 16.4. The molecule has 0 radical (unpaired) electrons. The number of carbonyl (C=O) groups excluding carboxylic acids is 2. The molecule has 12 nitrogen and oxygen atoms in total. The van der Waals surface area contributed by atoms with Crippen LogP contribution in [-0.4, -0.2) is 123 Å². The van der Waals surface area contributed by atoms with Crippen molar-refractivity contribution in [2.45, 2.75) is 94.1 Å². The van der Waals surface area contributed by atoms with Crippen molar-refractivity contribution in [3.63, 3.8) is 0 Å². The summed E-state index contributed by atoms with van der Waals surface area (Å²) in [6.07, 6.45) is 9.37. The van der Waals surface area contributed by atoms with Crippen molar-refractivity contribution in [1.29, 1.82) is 0 Å². The van der Waals surface area contributed by atoms with Gasteiger partial charge >= 0.3 is 11.9 Å². The molecule has 2 bridgehead atoms. The Morgan fingerprint density at radius 1 is 0.969 bits per heavy atom. The Bertz CT molecular complexity index is 2570. The van der Waals surface area contributed by atoms with Gasteiger partial charge in [0.15, 0.2) is 0 Å². The lowest BCUT2D eigenvalue weighted by Gasteiger charge is -2.64. The van der Waals surface area contributed by atoms with E-state index in [-0.39, 0.29) is 31.1 Å². The van der Waals surface area contributed by atoms with E-state index >= 15 is 4.79 Å². The van der Waals surface area contributed by atoms with Crippen molar-refractivity contribution in [1.82, 2.24) is 14.8 Å². The standard InChI is InChI=1S/C53H64N4O8/c1-8-34-25-36-28-52(49(59)63-7,45-39(19-23-56(29-34)30-36)38-13-10-11-14-42(38)54-45)41-26-40-43(27-44(41)62-6)55(4)47-51(40)21-24-57-22-12-20-50(9-2,46(51)57)48(65-33(3)58)53(47,60)32-64-31-35-15-17-37(61-5)18-16-35/h10-18,20,25-27,36,46-48,54,60H,8-9,19,21-24,28-32H2,1-7H3/t36-,46-,47+,48+,50+,51+,52-,53-/m0/s1. The van der Waals surface area contributed by atoms with Gasteiger partial charge in [0.25, 0.3) is 0 Å². The topological polar surface area (TPSA) is 126 Å². The highest BCUT2D eigenvalue weighted by Crippen LogP contribution is 2.68. The number of anilines is 1. The highest BCUT2D eigenvalue weighted by molar-refractivity contribution is 5.94. The quantitative estimate of drug-likeness (QED) is 0.121. The number of likely N-dealkylation sites (N-methyl/N-ethyl adjacent to an activating group) is 1. The molecule has 5 aliphatic heterocycles. The molecule has 6 heterocycles. The summed E-state index contributed by atoms with van der Waals surface area (Å²) >= 11 is 0. The first-order chi connectivity index (χ1) is 31.4. The molecule has 3 aromatic carbocycles. The summed E-state index contributed by atoms with van der Waals surface area (Å²) in [4.78, 5) is 39.9. The molecule has 10 rings (SSSR count). The summed E-state index contributed by atoms with van der Waals surface area (Å²) in [6, 6.07) is 19.7. The molecular weight excluding hydrogens is 821 g/mol. The van der Waals surface area contributed by atoms with E-state index in [0.29, 0.717) is 18.6 Å². The average molecular weight is 885 g/mol. The summed E-state index contributed by atoms with van der Waals surface area (Å²) in [5, 5.41) is 15.0. The summed E-state index contributed by atoms with van der Waals surface area (Å²) in [5.74, 6) is 0.573. The Morgan fingerprint density at radius 3 is 2.49 bits per heavy atom. The summed E-state index contributed by atoms with van der Waals surface area (Å²) in [5.41, 5.74) is 3.48. The van der Waals surface area contributed by atoms with Crippen LogP contribution in [0.5, 0.6) is 11.5 Å². The third-order valence-corrected chi connectivity index (χ3v) is 16.4. The predicted octanol–water partition coefficient (Wildman–Crippen LogP) is 6.85. The van der Waals surface area contributed by atoms with Crippen LogP contribution in [-0.2, 0) is 47.7 Å². The molecular formula is C53H64N4O8. The number of aromatic nitrogens is 1. The Labute approximate surface area is 382 Å². The Balaban J connectivity index is 1.21. The Hall–Kier alpha value is -5.14. The lowest BCUT2D eigenvalue weighted by molar-refractivity contribution is -0.234.